The van der Waals surface area contributed by atoms with Crippen molar-refractivity contribution in [1.82, 2.24) is 10.2 Å². The van der Waals surface area contributed by atoms with Crippen molar-refractivity contribution < 1.29 is 9.53 Å². The molecule has 1 atom stereocenters. The van der Waals surface area contributed by atoms with E-state index >= 15 is 0 Å². The molecule has 0 aromatic heterocycles. The molecule has 1 fully saturated rings. The van der Waals surface area contributed by atoms with Gasteiger partial charge in [-0.15, -0.1) is 0 Å². The number of hydrogen-bond donors (Lipinski definition) is 2. The molecule has 0 spiro atoms. The van der Waals surface area contributed by atoms with Crippen LogP contribution in [0.1, 0.15) is 24.4 Å². The summed E-state index contributed by atoms with van der Waals surface area (Å²) < 4.78 is 5.38. The van der Waals surface area contributed by atoms with Gasteiger partial charge in [-0.05, 0) is 18.5 Å². The molecule has 1 saturated heterocycles. The minimum Gasteiger partial charge on any atom is -0.379 e. The summed E-state index contributed by atoms with van der Waals surface area (Å²) in [6, 6.07) is 10.2. The molecule has 1 unspecified atom stereocenters. The van der Waals surface area contributed by atoms with Crippen molar-refractivity contribution in [3.63, 3.8) is 0 Å². The van der Waals surface area contributed by atoms with Crippen molar-refractivity contribution >= 4 is 5.91 Å². The number of ether oxygens (including phenoxy) is 1. The van der Waals surface area contributed by atoms with Crippen LogP contribution in [0.3, 0.4) is 0 Å². The van der Waals surface area contributed by atoms with Crippen LogP contribution in [0, 0.1) is 0 Å². The summed E-state index contributed by atoms with van der Waals surface area (Å²) in [6.45, 7) is 4.74. The standard InChI is InChI=1S/C16H25N3O2/c17-8-4-7-16(20)18-15(14-5-2-1-3-6-14)13-19-9-11-21-12-10-19/h1-3,5-6,15H,4,7-13,17H2,(H,18,20). The van der Waals surface area contributed by atoms with Crippen LogP contribution >= 0.6 is 0 Å². The number of rotatable bonds is 7. The average Bonchev–Trinajstić information content (AvgIpc) is 2.54. The van der Waals surface area contributed by atoms with Gasteiger partial charge in [-0.1, -0.05) is 30.3 Å². The summed E-state index contributed by atoms with van der Waals surface area (Å²) in [5.74, 6) is 0.0718. The van der Waals surface area contributed by atoms with E-state index in [1.54, 1.807) is 0 Å². The van der Waals surface area contributed by atoms with Crippen LogP contribution in [0.25, 0.3) is 0 Å². The summed E-state index contributed by atoms with van der Waals surface area (Å²) in [4.78, 5) is 14.4. The van der Waals surface area contributed by atoms with Gasteiger partial charge in [0.15, 0.2) is 0 Å². The minimum atomic E-state index is 0.0228. The predicted molar refractivity (Wildman–Crippen MR) is 82.9 cm³/mol. The lowest BCUT2D eigenvalue weighted by Gasteiger charge is -2.31. The molecular formula is C16H25N3O2. The zero-order chi connectivity index (χ0) is 14.9. The van der Waals surface area contributed by atoms with E-state index in [1.807, 2.05) is 18.2 Å². The predicted octanol–water partition coefficient (Wildman–Crippen LogP) is 0.915. The van der Waals surface area contributed by atoms with Crippen molar-refractivity contribution in [3.8, 4) is 0 Å². The molecule has 0 aliphatic carbocycles. The Hall–Kier alpha value is -1.43. The highest BCUT2D eigenvalue weighted by molar-refractivity contribution is 5.76. The van der Waals surface area contributed by atoms with E-state index in [0.717, 1.165) is 44.8 Å². The van der Waals surface area contributed by atoms with Crippen LogP contribution < -0.4 is 11.1 Å². The zero-order valence-electron chi connectivity index (χ0n) is 12.5. The molecule has 1 aromatic rings. The Balaban J connectivity index is 1.97. The van der Waals surface area contributed by atoms with Crippen molar-refractivity contribution in [3.05, 3.63) is 35.9 Å². The van der Waals surface area contributed by atoms with Crippen LogP contribution in [-0.4, -0.2) is 50.2 Å². The Morgan fingerprint density at radius 3 is 2.67 bits per heavy atom. The molecule has 1 heterocycles. The van der Waals surface area contributed by atoms with E-state index in [1.165, 1.54) is 0 Å². The Bertz CT molecular complexity index is 419. The third kappa shape index (κ3) is 5.46. The lowest BCUT2D eigenvalue weighted by atomic mass is 10.1. The van der Waals surface area contributed by atoms with Gasteiger partial charge in [-0.25, -0.2) is 0 Å². The third-order valence-electron chi connectivity index (χ3n) is 3.69. The summed E-state index contributed by atoms with van der Waals surface area (Å²) in [5, 5.41) is 3.14. The lowest BCUT2D eigenvalue weighted by molar-refractivity contribution is -0.122. The first kappa shape index (κ1) is 15.9. The van der Waals surface area contributed by atoms with Gasteiger partial charge in [0.1, 0.15) is 0 Å². The summed E-state index contributed by atoms with van der Waals surface area (Å²) in [7, 11) is 0. The smallest absolute Gasteiger partial charge is 0.220 e. The SMILES string of the molecule is NCCCC(=O)NC(CN1CCOCC1)c1ccccc1. The number of nitrogens with two attached hydrogens (primary N) is 1. The maximum atomic E-state index is 12.0. The van der Waals surface area contributed by atoms with E-state index in [0.29, 0.717) is 13.0 Å². The highest BCUT2D eigenvalue weighted by atomic mass is 16.5. The Morgan fingerprint density at radius 1 is 1.29 bits per heavy atom. The number of carbonyl (C=O) groups is 1. The largest absolute Gasteiger partial charge is 0.379 e. The summed E-state index contributed by atoms with van der Waals surface area (Å²) in [5.41, 5.74) is 6.61. The molecule has 2 rings (SSSR count). The molecule has 1 aromatic carbocycles. The second-order valence-corrected chi connectivity index (χ2v) is 5.34. The third-order valence-corrected chi connectivity index (χ3v) is 3.69. The maximum Gasteiger partial charge on any atom is 0.220 e. The Morgan fingerprint density at radius 2 is 2.00 bits per heavy atom. The van der Waals surface area contributed by atoms with Crippen molar-refractivity contribution in [2.24, 2.45) is 5.73 Å². The van der Waals surface area contributed by atoms with Gasteiger partial charge in [0.2, 0.25) is 5.91 Å². The average molecular weight is 291 g/mol. The molecule has 3 N–H and O–H groups in total. The number of benzene rings is 1. The van der Waals surface area contributed by atoms with Gasteiger partial charge >= 0.3 is 0 Å². The van der Waals surface area contributed by atoms with E-state index in [9.17, 15) is 4.79 Å². The molecule has 116 valence electrons. The summed E-state index contributed by atoms with van der Waals surface area (Å²) >= 11 is 0. The normalized spacial score (nSPS) is 17.4. The van der Waals surface area contributed by atoms with Crippen LogP contribution in [0.5, 0.6) is 0 Å². The molecule has 1 aliphatic rings. The lowest BCUT2D eigenvalue weighted by Crippen LogP contribution is -2.43. The van der Waals surface area contributed by atoms with Gasteiger partial charge in [0, 0.05) is 26.1 Å². The second-order valence-electron chi connectivity index (χ2n) is 5.34. The fourth-order valence-corrected chi connectivity index (χ4v) is 2.49. The molecular weight excluding hydrogens is 266 g/mol. The minimum absolute atomic E-state index is 0.0228. The number of hydrogen-bond acceptors (Lipinski definition) is 4. The van der Waals surface area contributed by atoms with Gasteiger partial charge in [0.25, 0.3) is 0 Å². The van der Waals surface area contributed by atoms with E-state index in [-0.39, 0.29) is 11.9 Å². The van der Waals surface area contributed by atoms with Crippen LogP contribution in [-0.2, 0) is 9.53 Å². The van der Waals surface area contributed by atoms with Gasteiger partial charge < -0.3 is 15.8 Å². The molecule has 0 bridgehead atoms. The number of morpholine rings is 1. The molecule has 5 heteroatoms. The van der Waals surface area contributed by atoms with Crippen LogP contribution in [0.2, 0.25) is 0 Å². The zero-order valence-corrected chi connectivity index (χ0v) is 12.5. The van der Waals surface area contributed by atoms with Gasteiger partial charge in [-0.3, -0.25) is 9.69 Å². The highest BCUT2D eigenvalue weighted by Gasteiger charge is 2.19. The molecule has 0 saturated carbocycles. The van der Waals surface area contributed by atoms with E-state index in [4.69, 9.17) is 10.5 Å². The molecule has 0 radical (unpaired) electrons. The fourth-order valence-electron chi connectivity index (χ4n) is 2.49. The quantitative estimate of drug-likeness (QED) is 0.784. The molecule has 5 nitrogen and oxygen atoms in total. The monoisotopic (exact) mass is 291 g/mol. The van der Waals surface area contributed by atoms with Crippen molar-refractivity contribution in [2.75, 3.05) is 39.4 Å². The molecule has 21 heavy (non-hydrogen) atoms. The molecule has 1 amide bonds. The van der Waals surface area contributed by atoms with Crippen molar-refractivity contribution in [2.45, 2.75) is 18.9 Å². The first-order valence-corrected chi connectivity index (χ1v) is 7.64. The van der Waals surface area contributed by atoms with E-state index in [2.05, 4.69) is 22.3 Å². The first-order valence-electron chi connectivity index (χ1n) is 7.64. The van der Waals surface area contributed by atoms with Crippen LogP contribution in [0.15, 0.2) is 30.3 Å². The summed E-state index contributed by atoms with van der Waals surface area (Å²) in [6.07, 6.45) is 1.22. The Kier molecular flexibility index (Phi) is 6.66. The van der Waals surface area contributed by atoms with Crippen LogP contribution in [0.4, 0.5) is 0 Å². The number of nitrogens with zero attached hydrogens (tertiary/aromatic N) is 1. The van der Waals surface area contributed by atoms with Gasteiger partial charge in [-0.2, -0.15) is 0 Å². The van der Waals surface area contributed by atoms with E-state index < -0.39 is 0 Å². The maximum absolute atomic E-state index is 12.0. The fraction of sp³-hybridized carbons (Fsp3) is 0.562. The van der Waals surface area contributed by atoms with Gasteiger partial charge in [0.05, 0.1) is 19.3 Å². The number of carbonyl (C=O) groups excluding carboxylic acids is 1. The highest BCUT2D eigenvalue weighted by Crippen LogP contribution is 2.15. The second kappa shape index (κ2) is 8.77. The topological polar surface area (TPSA) is 67.6 Å². The van der Waals surface area contributed by atoms with Crippen molar-refractivity contribution in [1.29, 1.82) is 0 Å². The number of amides is 1. The number of nitrogens with one attached hydrogen (secondary N) is 1. The Labute approximate surface area is 126 Å². The first-order chi connectivity index (χ1) is 10.3. The molecule has 1 aliphatic heterocycles.